The maximum absolute atomic E-state index is 5.91. The molecule has 3 aromatic rings. The summed E-state index contributed by atoms with van der Waals surface area (Å²) >= 11 is 0. The first-order valence-corrected chi connectivity index (χ1v) is 5.67. The summed E-state index contributed by atoms with van der Waals surface area (Å²) in [6.07, 6.45) is 5.45. The van der Waals surface area contributed by atoms with Gasteiger partial charge < -0.3 is 5.73 Å². The van der Waals surface area contributed by atoms with Crippen LogP contribution in [0.1, 0.15) is 5.82 Å². The van der Waals surface area contributed by atoms with Gasteiger partial charge in [-0.05, 0) is 0 Å². The number of hydrogen-bond donors (Lipinski definition) is 1. The second kappa shape index (κ2) is 4.16. The highest BCUT2D eigenvalue weighted by Crippen LogP contribution is 2.19. The summed E-state index contributed by atoms with van der Waals surface area (Å²) in [4.78, 5) is 14.4. The fraction of sp³-hybridized carbons (Fsp3) is 0.182. The molecule has 19 heavy (non-hydrogen) atoms. The monoisotopic (exact) mass is 256 g/mol. The molecule has 0 saturated carbocycles. The minimum Gasteiger partial charge on any atom is -0.382 e. The molecular weight excluding hydrogens is 244 g/mol. The summed E-state index contributed by atoms with van der Waals surface area (Å²) < 4.78 is 1.78. The zero-order valence-corrected chi connectivity index (χ0v) is 10.4. The Morgan fingerprint density at radius 3 is 2.68 bits per heavy atom. The number of nitrogen functional groups attached to an aromatic ring is 1. The van der Waals surface area contributed by atoms with Gasteiger partial charge in [0.2, 0.25) is 0 Å². The standard InChI is InChI=1S/C11H12N8/c1-3-4-7-15-9(12)8-10(16-7)18(2)11(17-8)19-13-5-6-14-19/h3,5-6H,1,4H2,2H3,(H2,12,15,16). The van der Waals surface area contributed by atoms with E-state index in [1.165, 1.54) is 4.80 Å². The maximum atomic E-state index is 5.91. The molecule has 0 spiro atoms. The second-order valence-corrected chi connectivity index (χ2v) is 3.98. The van der Waals surface area contributed by atoms with Gasteiger partial charge in [0.15, 0.2) is 17.0 Å². The fourth-order valence-corrected chi connectivity index (χ4v) is 1.84. The van der Waals surface area contributed by atoms with Crippen molar-refractivity contribution in [2.24, 2.45) is 7.05 Å². The van der Waals surface area contributed by atoms with Gasteiger partial charge in [-0.15, -0.1) is 11.4 Å². The number of fused-ring (bicyclic) bond motifs is 1. The Balaban J connectivity index is 2.26. The molecule has 0 amide bonds. The predicted octanol–water partition coefficient (Wildman–Crippen LogP) is 0.255. The fourth-order valence-electron chi connectivity index (χ4n) is 1.84. The Morgan fingerprint density at radius 2 is 2.00 bits per heavy atom. The van der Waals surface area contributed by atoms with Gasteiger partial charge in [-0.2, -0.15) is 10.2 Å². The third-order valence-corrected chi connectivity index (χ3v) is 2.69. The minimum absolute atomic E-state index is 0.343. The zero-order chi connectivity index (χ0) is 13.4. The number of aryl methyl sites for hydroxylation is 1. The van der Waals surface area contributed by atoms with Crippen molar-refractivity contribution in [3.05, 3.63) is 30.9 Å². The largest absolute Gasteiger partial charge is 0.382 e. The van der Waals surface area contributed by atoms with Crippen molar-refractivity contribution in [2.75, 3.05) is 5.73 Å². The number of nitrogens with zero attached hydrogens (tertiary/aromatic N) is 7. The smallest absolute Gasteiger partial charge is 0.251 e. The van der Waals surface area contributed by atoms with Gasteiger partial charge in [-0.1, -0.05) is 6.08 Å². The van der Waals surface area contributed by atoms with E-state index in [2.05, 4.69) is 31.7 Å². The molecule has 0 unspecified atom stereocenters. The van der Waals surface area contributed by atoms with Gasteiger partial charge in [-0.25, -0.2) is 15.0 Å². The molecule has 0 aliphatic rings. The molecule has 0 bridgehead atoms. The molecule has 8 heteroatoms. The van der Waals surface area contributed by atoms with E-state index < -0.39 is 0 Å². The quantitative estimate of drug-likeness (QED) is 0.674. The van der Waals surface area contributed by atoms with Crippen LogP contribution in [0.15, 0.2) is 25.0 Å². The Morgan fingerprint density at radius 1 is 1.26 bits per heavy atom. The van der Waals surface area contributed by atoms with Crippen LogP contribution in [-0.4, -0.2) is 34.5 Å². The lowest BCUT2D eigenvalue weighted by Gasteiger charge is -2.01. The summed E-state index contributed by atoms with van der Waals surface area (Å²) in [6.45, 7) is 3.67. The van der Waals surface area contributed by atoms with Crippen LogP contribution in [0.3, 0.4) is 0 Å². The van der Waals surface area contributed by atoms with E-state index in [0.717, 1.165) is 0 Å². The summed E-state index contributed by atoms with van der Waals surface area (Å²) in [5.41, 5.74) is 7.11. The Kier molecular flexibility index (Phi) is 2.48. The SMILES string of the molecule is C=CCc1nc(N)c2nc(-n3nccn3)n(C)c2n1. The van der Waals surface area contributed by atoms with Gasteiger partial charge in [0.1, 0.15) is 5.82 Å². The van der Waals surface area contributed by atoms with E-state index in [9.17, 15) is 0 Å². The van der Waals surface area contributed by atoms with Crippen LogP contribution in [0, 0.1) is 0 Å². The topological polar surface area (TPSA) is 100 Å². The predicted molar refractivity (Wildman–Crippen MR) is 69.5 cm³/mol. The number of allylic oxidation sites excluding steroid dienone is 1. The van der Waals surface area contributed by atoms with Crippen molar-refractivity contribution in [3.8, 4) is 5.95 Å². The molecule has 8 nitrogen and oxygen atoms in total. The molecule has 2 N–H and O–H groups in total. The van der Waals surface area contributed by atoms with Crippen LogP contribution in [-0.2, 0) is 13.5 Å². The first-order valence-electron chi connectivity index (χ1n) is 5.67. The molecule has 3 aromatic heterocycles. The zero-order valence-electron chi connectivity index (χ0n) is 10.4. The molecule has 3 rings (SSSR count). The third-order valence-electron chi connectivity index (χ3n) is 2.69. The first kappa shape index (κ1) is 11.3. The van der Waals surface area contributed by atoms with Crippen LogP contribution >= 0.6 is 0 Å². The number of aromatic nitrogens is 7. The Labute approximate surface area is 108 Å². The normalized spacial score (nSPS) is 11.0. The third kappa shape index (κ3) is 1.73. The van der Waals surface area contributed by atoms with E-state index in [1.54, 1.807) is 23.0 Å². The molecule has 0 aliphatic carbocycles. The van der Waals surface area contributed by atoms with E-state index in [1.807, 2.05) is 7.05 Å². The molecule has 0 aliphatic heterocycles. The number of hydrogen-bond acceptors (Lipinski definition) is 6. The van der Waals surface area contributed by atoms with Crippen molar-refractivity contribution >= 4 is 17.0 Å². The minimum atomic E-state index is 0.343. The van der Waals surface area contributed by atoms with Gasteiger partial charge >= 0.3 is 0 Å². The Bertz CT molecular complexity index is 740. The molecule has 96 valence electrons. The Hall–Kier alpha value is -2.77. The highest BCUT2D eigenvalue weighted by molar-refractivity contribution is 5.83. The van der Waals surface area contributed by atoms with Crippen LogP contribution in [0.4, 0.5) is 5.82 Å². The van der Waals surface area contributed by atoms with Crippen molar-refractivity contribution in [2.45, 2.75) is 6.42 Å². The molecular formula is C11H12N8. The summed E-state index contributed by atoms with van der Waals surface area (Å²) in [5.74, 6) is 1.50. The van der Waals surface area contributed by atoms with Crippen LogP contribution in [0.5, 0.6) is 0 Å². The number of imidazole rings is 1. The second-order valence-electron chi connectivity index (χ2n) is 3.98. The average molecular weight is 256 g/mol. The van der Waals surface area contributed by atoms with Gasteiger partial charge in [-0.3, -0.25) is 4.57 Å². The van der Waals surface area contributed by atoms with E-state index >= 15 is 0 Å². The lowest BCUT2D eigenvalue weighted by molar-refractivity contribution is 0.674. The van der Waals surface area contributed by atoms with Crippen molar-refractivity contribution in [1.29, 1.82) is 0 Å². The number of nitrogens with two attached hydrogens (primary N) is 1. The summed E-state index contributed by atoms with van der Waals surface area (Å²) in [7, 11) is 1.83. The van der Waals surface area contributed by atoms with Crippen molar-refractivity contribution in [1.82, 2.24) is 34.5 Å². The highest BCUT2D eigenvalue weighted by atomic mass is 15.5. The molecule has 0 fully saturated rings. The van der Waals surface area contributed by atoms with Crippen LogP contribution < -0.4 is 5.73 Å². The highest BCUT2D eigenvalue weighted by Gasteiger charge is 2.15. The molecule has 0 aromatic carbocycles. The lowest BCUT2D eigenvalue weighted by atomic mass is 10.4. The summed E-state index contributed by atoms with van der Waals surface area (Å²) in [5, 5.41) is 8.10. The van der Waals surface area contributed by atoms with Gasteiger partial charge in [0.05, 0.1) is 12.4 Å². The molecule has 0 atom stereocenters. The molecule has 0 saturated heterocycles. The van der Waals surface area contributed by atoms with Crippen molar-refractivity contribution < 1.29 is 0 Å². The van der Waals surface area contributed by atoms with Crippen LogP contribution in [0.2, 0.25) is 0 Å². The van der Waals surface area contributed by atoms with Crippen molar-refractivity contribution in [3.63, 3.8) is 0 Å². The van der Waals surface area contributed by atoms with Crippen LogP contribution in [0.25, 0.3) is 17.1 Å². The average Bonchev–Trinajstić information content (AvgIpc) is 2.99. The molecule has 3 heterocycles. The molecule has 0 radical (unpaired) electrons. The maximum Gasteiger partial charge on any atom is 0.251 e. The van der Waals surface area contributed by atoms with E-state index in [-0.39, 0.29) is 0 Å². The van der Waals surface area contributed by atoms with E-state index in [4.69, 9.17) is 5.73 Å². The summed E-state index contributed by atoms with van der Waals surface area (Å²) in [6, 6.07) is 0. The number of anilines is 1. The number of rotatable bonds is 3. The lowest BCUT2D eigenvalue weighted by Crippen LogP contribution is -2.06. The van der Waals surface area contributed by atoms with Gasteiger partial charge in [0, 0.05) is 13.5 Å². The van der Waals surface area contributed by atoms with E-state index in [0.29, 0.717) is 35.2 Å². The first-order chi connectivity index (χ1) is 9.20. The van der Waals surface area contributed by atoms with Gasteiger partial charge in [0.25, 0.3) is 5.95 Å².